The summed E-state index contributed by atoms with van der Waals surface area (Å²) in [5, 5.41) is 3.37. The third-order valence-corrected chi connectivity index (χ3v) is 2.54. The second kappa shape index (κ2) is 3.58. The molecule has 1 saturated carbocycles. The van der Waals surface area contributed by atoms with Crippen molar-refractivity contribution < 1.29 is 4.42 Å². The molecule has 12 heavy (non-hydrogen) atoms. The molecule has 0 aromatic carbocycles. The minimum absolute atomic E-state index is 0.690. The number of halogens is 1. The van der Waals surface area contributed by atoms with E-state index < -0.39 is 0 Å². The molecule has 66 valence electrons. The Morgan fingerprint density at radius 3 is 3.00 bits per heavy atom. The highest BCUT2D eigenvalue weighted by molar-refractivity contribution is 9.10. The Hall–Kier alpha value is -0.350. The van der Waals surface area contributed by atoms with Gasteiger partial charge in [0.25, 0.3) is 0 Å². The van der Waals surface area contributed by atoms with Gasteiger partial charge in [-0.1, -0.05) is 6.42 Å². The molecule has 1 heterocycles. The van der Waals surface area contributed by atoms with Crippen LogP contribution >= 0.6 is 15.9 Å². The van der Waals surface area contributed by atoms with Crippen LogP contribution in [0.5, 0.6) is 0 Å². The molecule has 0 bridgehead atoms. The van der Waals surface area contributed by atoms with E-state index >= 15 is 0 Å². The predicted molar refractivity (Wildman–Crippen MR) is 48.7 cm³/mol. The van der Waals surface area contributed by atoms with E-state index in [1.807, 2.05) is 0 Å². The summed E-state index contributed by atoms with van der Waals surface area (Å²) >= 11 is 3.21. The van der Waals surface area contributed by atoms with Gasteiger partial charge in [-0.2, -0.15) is 0 Å². The SMILES string of the molecule is Brc1cnc(CNC2CCC2)o1. The van der Waals surface area contributed by atoms with Gasteiger partial charge in [0.1, 0.15) is 0 Å². The van der Waals surface area contributed by atoms with Gasteiger partial charge in [0.2, 0.25) is 5.89 Å². The smallest absolute Gasteiger partial charge is 0.209 e. The first kappa shape index (κ1) is 8.26. The third-order valence-electron chi connectivity index (χ3n) is 2.17. The maximum atomic E-state index is 5.25. The molecule has 1 fully saturated rings. The van der Waals surface area contributed by atoms with E-state index in [9.17, 15) is 0 Å². The van der Waals surface area contributed by atoms with Crippen molar-refractivity contribution in [1.29, 1.82) is 0 Å². The molecule has 0 aliphatic heterocycles. The summed E-state index contributed by atoms with van der Waals surface area (Å²) in [6.45, 7) is 0.746. The quantitative estimate of drug-likeness (QED) is 0.865. The predicted octanol–water partition coefficient (Wildman–Crippen LogP) is 2.08. The molecule has 0 spiro atoms. The number of hydrogen-bond acceptors (Lipinski definition) is 3. The molecule has 4 heteroatoms. The summed E-state index contributed by atoms with van der Waals surface area (Å²) in [6.07, 6.45) is 5.62. The van der Waals surface area contributed by atoms with Gasteiger partial charge in [-0.3, -0.25) is 0 Å². The van der Waals surface area contributed by atoms with E-state index in [0.717, 1.165) is 12.4 Å². The van der Waals surface area contributed by atoms with Gasteiger partial charge in [-0.25, -0.2) is 4.98 Å². The molecule has 0 atom stereocenters. The van der Waals surface area contributed by atoms with Crippen LogP contribution in [0.25, 0.3) is 0 Å². The highest BCUT2D eigenvalue weighted by Gasteiger charge is 2.16. The van der Waals surface area contributed by atoms with E-state index in [2.05, 4.69) is 26.2 Å². The third kappa shape index (κ3) is 1.87. The summed E-state index contributed by atoms with van der Waals surface area (Å²) in [5.41, 5.74) is 0. The lowest BCUT2D eigenvalue weighted by Gasteiger charge is -2.25. The van der Waals surface area contributed by atoms with E-state index in [4.69, 9.17) is 4.42 Å². The number of oxazole rings is 1. The molecule has 3 nitrogen and oxygen atoms in total. The lowest BCUT2D eigenvalue weighted by atomic mass is 9.93. The topological polar surface area (TPSA) is 38.1 Å². The molecular formula is C8H11BrN2O. The number of rotatable bonds is 3. The lowest BCUT2D eigenvalue weighted by molar-refractivity contribution is 0.320. The van der Waals surface area contributed by atoms with Crippen LogP contribution in [0.3, 0.4) is 0 Å². The zero-order chi connectivity index (χ0) is 8.39. The van der Waals surface area contributed by atoms with Crippen LogP contribution in [0.1, 0.15) is 25.2 Å². The molecule has 1 N–H and O–H groups in total. The average Bonchev–Trinajstić information content (AvgIpc) is 2.32. The molecular weight excluding hydrogens is 220 g/mol. The van der Waals surface area contributed by atoms with Crippen LogP contribution in [-0.4, -0.2) is 11.0 Å². The average molecular weight is 231 g/mol. The van der Waals surface area contributed by atoms with Crippen LogP contribution < -0.4 is 5.32 Å². The summed E-state index contributed by atoms with van der Waals surface area (Å²) in [5.74, 6) is 0.758. The standard InChI is InChI=1S/C8H11BrN2O/c9-7-4-11-8(12-7)5-10-6-2-1-3-6/h4,6,10H,1-3,5H2. The van der Waals surface area contributed by atoms with Crippen molar-refractivity contribution in [3.63, 3.8) is 0 Å². The second-order valence-electron chi connectivity index (χ2n) is 3.07. The van der Waals surface area contributed by atoms with Gasteiger partial charge in [-0.15, -0.1) is 0 Å². The van der Waals surface area contributed by atoms with Crippen LogP contribution in [0.4, 0.5) is 0 Å². The van der Waals surface area contributed by atoms with E-state index in [0.29, 0.717) is 10.7 Å². The van der Waals surface area contributed by atoms with Gasteiger partial charge >= 0.3 is 0 Å². The monoisotopic (exact) mass is 230 g/mol. The summed E-state index contributed by atoms with van der Waals surface area (Å²) in [7, 11) is 0. The maximum Gasteiger partial charge on any atom is 0.209 e. The fraction of sp³-hybridized carbons (Fsp3) is 0.625. The summed E-state index contributed by atoms with van der Waals surface area (Å²) in [6, 6.07) is 0.690. The Bertz CT molecular complexity index is 257. The Morgan fingerprint density at radius 1 is 1.67 bits per heavy atom. The van der Waals surface area contributed by atoms with Crippen molar-refractivity contribution in [2.75, 3.05) is 0 Å². The summed E-state index contributed by atoms with van der Waals surface area (Å²) < 4.78 is 5.95. The van der Waals surface area contributed by atoms with Crippen LogP contribution in [0.2, 0.25) is 0 Å². The van der Waals surface area contributed by atoms with Crippen molar-refractivity contribution >= 4 is 15.9 Å². The van der Waals surface area contributed by atoms with E-state index in [1.54, 1.807) is 6.20 Å². The normalized spacial score (nSPS) is 17.8. The number of aromatic nitrogens is 1. The molecule has 1 aromatic rings. The zero-order valence-electron chi connectivity index (χ0n) is 6.72. The van der Waals surface area contributed by atoms with Crippen molar-refractivity contribution in [2.45, 2.75) is 31.8 Å². The molecule has 1 aliphatic carbocycles. The Kier molecular flexibility index (Phi) is 2.46. The Morgan fingerprint density at radius 2 is 2.50 bits per heavy atom. The largest absolute Gasteiger partial charge is 0.433 e. The van der Waals surface area contributed by atoms with Gasteiger partial charge in [0.05, 0.1) is 12.7 Å². The first-order valence-corrected chi connectivity index (χ1v) is 4.97. The fourth-order valence-electron chi connectivity index (χ4n) is 1.21. The molecule has 2 rings (SSSR count). The highest BCUT2D eigenvalue weighted by atomic mass is 79.9. The van der Waals surface area contributed by atoms with Crippen molar-refractivity contribution in [3.8, 4) is 0 Å². The first-order valence-electron chi connectivity index (χ1n) is 4.18. The van der Waals surface area contributed by atoms with Crippen LogP contribution in [0, 0.1) is 0 Å². The summed E-state index contributed by atoms with van der Waals surface area (Å²) in [4.78, 5) is 4.07. The van der Waals surface area contributed by atoms with Gasteiger partial charge < -0.3 is 9.73 Å². The Labute approximate surface area is 79.7 Å². The van der Waals surface area contributed by atoms with Gasteiger partial charge in [0, 0.05) is 6.04 Å². The molecule has 0 saturated heterocycles. The van der Waals surface area contributed by atoms with Crippen molar-refractivity contribution in [3.05, 3.63) is 16.8 Å². The van der Waals surface area contributed by atoms with Gasteiger partial charge in [-0.05, 0) is 28.8 Å². The fourth-order valence-corrected chi connectivity index (χ4v) is 1.50. The number of hydrogen-bond donors (Lipinski definition) is 1. The lowest BCUT2D eigenvalue weighted by Crippen LogP contribution is -2.34. The highest BCUT2D eigenvalue weighted by Crippen LogP contribution is 2.18. The van der Waals surface area contributed by atoms with E-state index in [1.165, 1.54) is 19.3 Å². The second-order valence-corrected chi connectivity index (χ2v) is 3.85. The molecule has 0 unspecified atom stereocenters. The maximum absolute atomic E-state index is 5.25. The zero-order valence-corrected chi connectivity index (χ0v) is 8.30. The molecule has 1 aromatic heterocycles. The van der Waals surface area contributed by atoms with E-state index in [-0.39, 0.29) is 0 Å². The minimum Gasteiger partial charge on any atom is -0.433 e. The number of nitrogens with zero attached hydrogens (tertiary/aromatic N) is 1. The molecule has 0 amide bonds. The Balaban J connectivity index is 1.79. The first-order chi connectivity index (χ1) is 5.84. The minimum atomic E-state index is 0.690. The van der Waals surface area contributed by atoms with Gasteiger partial charge in [0.15, 0.2) is 4.67 Å². The molecule has 1 aliphatic rings. The van der Waals surface area contributed by atoms with Crippen molar-refractivity contribution in [1.82, 2.24) is 10.3 Å². The molecule has 0 radical (unpaired) electrons. The van der Waals surface area contributed by atoms with Crippen LogP contribution in [0.15, 0.2) is 15.3 Å². The van der Waals surface area contributed by atoms with Crippen LogP contribution in [-0.2, 0) is 6.54 Å². The van der Waals surface area contributed by atoms with Crippen molar-refractivity contribution in [2.24, 2.45) is 0 Å². The number of nitrogens with one attached hydrogen (secondary N) is 1.